The Morgan fingerprint density at radius 1 is 1.53 bits per heavy atom. The van der Waals surface area contributed by atoms with Crippen LogP contribution in [0.25, 0.3) is 0 Å². The summed E-state index contributed by atoms with van der Waals surface area (Å²) in [4.78, 5) is 11.9. The Kier molecular flexibility index (Phi) is 2.54. The van der Waals surface area contributed by atoms with Crippen LogP contribution in [0, 0.1) is 11.8 Å². The second-order valence-electron chi connectivity index (χ2n) is 5.23. The number of rotatable bonds is 3. The summed E-state index contributed by atoms with van der Waals surface area (Å²) in [6.07, 6.45) is 2.32. The lowest BCUT2D eigenvalue weighted by atomic mass is 10.1. The molecule has 3 nitrogen and oxygen atoms in total. The van der Waals surface area contributed by atoms with E-state index < -0.39 is 0 Å². The molecule has 1 aromatic carbocycles. The topological polar surface area (TPSA) is 41.1 Å². The number of carbonyl (C=O) groups is 1. The van der Waals surface area contributed by atoms with Gasteiger partial charge in [0.05, 0.1) is 0 Å². The predicted octanol–water partition coefficient (Wildman–Crippen LogP) is 2.04. The Morgan fingerprint density at radius 2 is 2.35 bits per heavy atom. The van der Waals surface area contributed by atoms with Gasteiger partial charge in [0.2, 0.25) is 0 Å². The molecule has 1 aliphatic carbocycles. The maximum Gasteiger partial charge on any atom is 0.251 e. The van der Waals surface area contributed by atoms with Crippen LogP contribution in [0.3, 0.4) is 0 Å². The monoisotopic (exact) mass is 230 g/mol. The average molecular weight is 230 g/mol. The highest BCUT2D eigenvalue weighted by molar-refractivity contribution is 5.95. The van der Waals surface area contributed by atoms with E-state index in [1.165, 1.54) is 12.0 Å². The summed E-state index contributed by atoms with van der Waals surface area (Å²) in [7, 11) is 0. The van der Waals surface area contributed by atoms with Gasteiger partial charge in [0, 0.05) is 24.3 Å². The van der Waals surface area contributed by atoms with Crippen molar-refractivity contribution in [2.24, 2.45) is 11.8 Å². The van der Waals surface area contributed by atoms with Crippen LogP contribution >= 0.6 is 0 Å². The predicted molar refractivity (Wildman–Crippen MR) is 68.2 cm³/mol. The average Bonchev–Trinajstić information content (AvgIpc) is 2.86. The molecule has 1 heterocycles. The van der Waals surface area contributed by atoms with E-state index in [1.54, 1.807) is 0 Å². The molecule has 17 heavy (non-hydrogen) atoms. The molecule has 3 rings (SSSR count). The maximum atomic E-state index is 11.9. The zero-order chi connectivity index (χ0) is 11.8. The molecule has 90 valence electrons. The SMILES string of the molecule is CC1CC1CNC(=O)c1ccc2c(c1)NCC2. The van der Waals surface area contributed by atoms with E-state index in [4.69, 9.17) is 0 Å². The maximum absolute atomic E-state index is 11.9. The third-order valence-corrected chi connectivity index (χ3v) is 3.88. The first kappa shape index (κ1) is 10.6. The minimum atomic E-state index is 0.0561. The lowest BCUT2D eigenvalue weighted by molar-refractivity contribution is 0.0951. The van der Waals surface area contributed by atoms with Crippen molar-refractivity contribution in [3.05, 3.63) is 29.3 Å². The summed E-state index contributed by atoms with van der Waals surface area (Å²) >= 11 is 0. The van der Waals surface area contributed by atoms with Crippen LogP contribution in [0.15, 0.2) is 18.2 Å². The van der Waals surface area contributed by atoms with Gasteiger partial charge in [0.1, 0.15) is 0 Å². The molecule has 0 saturated heterocycles. The van der Waals surface area contributed by atoms with Crippen molar-refractivity contribution in [2.75, 3.05) is 18.4 Å². The molecule has 2 atom stereocenters. The third-order valence-electron chi connectivity index (χ3n) is 3.88. The standard InChI is InChI=1S/C14H18N2O/c1-9-6-12(9)8-16-14(17)11-3-2-10-4-5-15-13(10)7-11/h2-3,7,9,12,15H,4-6,8H2,1H3,(H,16,17). The van der Waals surface area contributed by atoms with E-state index >= 15 is 0 Å². The molecule has 2 unspecified atom stereocenters. The molecule has 2 aliphatic rings. The summed E-state index contributed by atoms with van der Waals surface area (Å²) < 4.78 is 0. The Bertz CT molecular complexity index is 456. The number of nitrogens with one attached hydrogen (secondary N) is 2. The summed E-state index contributed by atoms with van der Waals surface area (Å²) in [5.41, 5.74) is 3.21. The second kappa shape index (κ2) is 4.06. The minimum Gasteiger partial charge on any atom is -0.384 e. The van der Waals surface area contributed by atoms with Crippen LogP contribution in [-0.4, -0.2) is 19.0 Å². The van der Waals surface area contributed by atoms with Crippen LogP contribution < -0.4 is 10.6 Å². The molecule has 1 fully saturated rings. The van der Waals surface area contributed by atoms with E-state index in [9.17, 15) is 4.79 Å². The van der Waals surface area contributed by atoms with Crippen LogP contribution in [0.1, 0.15) is 29.3 Å². The highest BCUT2D eigenvalue weighted by Gasteiger charge is 2.32. The Balaban J connectivity index is 1.64. The lowest BCUT2D eigenvalue weighted by Crippen LogP contribution is -2.25. The highest BCUT2D eigenvalue weighted by atomic mass is 16.1. The molecule has 1 aromatic rings. The van der Waals surface area contributed by atoms with Crippen LogP contribution in [0.2, 0.25) is 0 Å². The van der Waals surface area contributed by atoms with E-state index in [1.807, 2.05) is 12.1 Å². The minimum absolute atomic E-state index is 0.0561. The third kappa shape index (κ3) is 2.14. The van der Waals surface area contributed by atoms with Gasteiger partial charge >= 0.3 is 0 Å². The van der Waals surface area contributed by atoms with E-state index in [0.717, 1.165) is 36.7 Å². The smallest absolute Gasteiger partial charge is 0.251 e. The van der Waals surface area contributed by atoms with Crippen molar-refractivity contribution < 1.29 is 4.79 Å². The second-order valence-corrected chi connectivity index (χ2v) is 5.23. The quantitative estimate of drug-likeness (QED) is 0.834. The Hall–Kier alpha value is -1.51. The van der Waals surface area contributed by atoms with Gasteiger partial charge in [-0.2, -0.15) is 0 Å². The molecule has 0 radical (unpaired) electrons. The van der Waals surface area contributed by atoms with Gasteiger partial charge in [-0.05, 0) is 42.4 Å². The van der Waals surface area contributed by atoms with Gasteiger partial charge in [0.15, 0.2) is 0 Å². The van der Waals surface area contributed by atoms with Crippen molar-refractivity contribution in [3.8, 4) is 0 Å². The van der Waals surface area contributed by atoms with Gasteiger partial charge in [-0.3, -0.25) is 4.79 Å². The molecule has 0 spiro atoms. The van der Waals surface area contributed by atoms with Crippen LogP contribution in [0.5, 0.6) is 0 Å². The Labute approximate surface area is 102 Å². The van der Waals surface area contributed by atoms with Crippen molar-refractivity contribution in [2.45, 2.75) is 19.8 Å². The van der Waals surface area contributed by atoms with Crippen molar-refractivity contribution in [3.63, 3.8) is 0 Å². The largest absolute Gasteiger partial charge is 0.384 e. The summed E-state index contributed by atoms with van der Waals surface area (Å²) in [6, 6.07) is 5.95. The van der Waals surface area contributed by atoms with Crippen molar-refractivity contribution in [1.82, 2.24) is 5.32 Å². The highest BCUT2D eigenvalue weighted by Crippen LogP contribution is 2.36. The summed E-state index contributed by atoms with van der Waals surface area (Å²) in [6.45, 7) is 4.04. The number of fused-ring (bicyclic) bond motifs is 1. The van der Waals surface area contributed by atoms with Gasteiger partial charge in [0.25, 0.3) is 5.91 Å². The van der Waals surface area contributed by atoms with Gasteiger partial charge < -0.3 is 10.6 Å². The molecule has 1 saturated carbocycles. The van der Waals surface area contributed by atoms with Crippen LogP contribution in [0.4, 0.5) is 5.69 Å². The fourth-order valence-corrected chi connectivity index (χ4v) is 2.44. The summed E-state index contributed by atoms with van der Waals surface area (Å²) in [5, 5.41) is 6.32. The molecular weight excluding hydrogens is 212 g/mol. The molecule has 0 bridgehead atoms. The number of amides is 1. The number of hydrogen-bond acceptors (Lipinski definition) is 2. The van der Waals surface area contributed by atoms with E-state index in [-0.39, 0.29) is 5.91 Å². The number of benzene rings is 1. The van der Waals surface area contributed by atoms with Crippen molar-refractivity contribution >= 4 is 11.6 Å². The van der Waals surface area contributed by atoms with Crippen LogP contribution in [-0.2, 0) is 6.42 Å². The Morgan fingerprint density at radius 3 is 3.12 bits per heavy atom. The molecule has 0 aromatic heterocycles. The van der Waals surface area contributed by atoms with E-state index in [2.05, 4.69) is 23.6 Å². The van der Waals surface area contributed by atoms with Gasteiger partial charge in [-0.25, -0.2) is 0 Å². The van der Waals surface area contributed by atoms with Gasteiger partial charge in [-0.1, -0.05) is 13.0 Å². The number of hydrogen-bond donors (Lipinski definition) is 2. The normalized spacial score (nSPS) is 25.0. The van der Waals surface area contributed by atoms with E-state index in [0.29, 0.717) is 5.92 Å². The number of carbonyl (C=O) groups excluding carboxylic acids is 1. The lowest BCUT2D eigenvalue weighted by Gasteiger charge is -2.06. The zero-order valence-electron chi connectivity index (χ0n) is 10.1. The number of anilines is 1. The zero-order valence-corrected chi connectivity index (χ0v) is 10.1. The molecule has 1 aliphatic heterocycles. The first-order valence-corrected chi connectivity index (χ1v) is 6.39. The first-order valence-electron chi connectivity index (χ1n) is 6.39. The first-order chi connectivity index (χ1) is 8.24. The fraction of sp³-hybridized carbons (Fsp3) is 0.500. The summed E-state index contributed by atoms with van der Waals surface area (Å²) in [5.74, 6) is 1.55. The molecule has 3 heteroatoms. The molecular formula is C14H18N2O. The van der Waals surface area contributed by atoms with Crippen molar-refractivity contribution in [1.29, 1.82) is 0 Å². The molecule has 2 N–H and O–H groups in total. The fourth-order valence-electron chi connectivity index (χ4n) is 2.44. The van der Waals surface area contributed by atoms with Gasteiger partial charge in [-0.15, -0.1) is 0 Å². The molecule has 1 amide bonds.